The third-order valence-corrected chi connectivity index (χ3v) is 1.77. The maximum Gasteiger partial charge on any atom is 0.715 e. The van der Waals surface area contributed by atoms with Gasteiger partial charge in [0.1, 0.15) is 0 Å². The maximum atomic E-state index is 11.2. The minimum Gasteiger partial charge on any atom is -0.481 e. The van der Waals surface area contributed by atoms with Gasteiger partial charge in [0.15, 0.2) is 0 Å². The molecule has 0 aromatic heterocycles. The molecule has 0 aliphatic carbocycles. The van der Waals surface area contributed by atoms with Gasteiger partial charge < -0.3 is 14.0 Å². The van der Waals surface area contributed by atoms with Gasteiger partial charge in [0, 0.05) is 18.3 Å². The summed E-state index contributed by atoms with van der Waals surface area (Å²) in [6, 6.07) is 0. The van der Waals surface area contributed by atoms with E-state index in [1.54, 1.807) is 6.92 Å². The van der Waals surface area contributed by atoms with Gasteiger partial charge in [-0.15, -0.1) is 0 Å². The van der Waals surface area contributed by atoms with Crippen molar-refractivity contribution in [2.45, 2.75) is 40.2 Å². The summed E-state index contributed by atoms with van der Waals surface area (Å²) in [6.07, 6.45) is 0.813. The minimum absolute atomic E-state index is 0.0144. The highest BCUT2D eigenvalue weighted by molar-refractivity contribution is 6.39. The van der Waals surface area contributed by atoms with Crippen LogP contribution in [0.3, 0.4) is 0 Å². The lowest BCUT2D eigenvalue weighted by Crippen LogP contribution is -2.33. The average Bonchev–Trinajstić information content (AvgIpc) is 2.17. The predicted octanol–water partition coefficient (Wildman–Crippen LogP) is 1.94. The van der Waals surface area contributed by atoms with Crippen LogP contribution in [0.25, 0.3) is 0 Å². The molecule has 0 spiro atoms. The topological polar surface area (TPSA) is 44.8 Å². The Kier molecular flexibility index (Phi) is 7.08. The molecule has 0 amide bonds. The Morgan fingerprint density at radius 1 is 1.47 bits per heavy atom. The number of carbonyl (C=O) groups is 1. The molecule has 86 valence electrons. The van der Waals surface area contributed by atoms with Gasteiger partial charge in [-0.25, -0.2) is 4.79 Å². The van der Waals surface area contributed by atoms with Crippen LogP contribution in [0.15, 0.2) is 12.2 Å². The number of carbonyl (C=O) groups excluding carboxylic acids is 1. The smallest absolute Gasteiger partial charge is 0.481 e. The van der Waals surface area contributed by atoms with E-state index in [0.717, 1.165) is 6.42 Å². The minimum atomic E-state index is -0.936. The molecule has 0 heterocycles. The van der Waals surface area contributed by atoms with E-state index in [-0.39, 0.29) is 6.10 Å². The first kappa shape index (κ1) is 14.2. The largest absolute Gasteiger partial charge is 0.715 e. The summed E-state index contributed by atoms with van der Waals surface area (Å²) < 4.78 is 15.4. The van der Waals surface area contributed by atoms with Crippen LogP contribution in [-0.4, -0.2) is 26.0 Å². The molecular formula is C10H19BO4. The van der Waals surface area contributed by atoms with E-state index < -0.39 is 13.3 Å². The molecule has 0 rings (SSSR count). The van der Waals surface area contributed by atoms with Crippen LogP contribution in [0.1, 0.15) is 34.1 Å². The molecule has 0 aromatic carbocycles. The first-order valence-corrected chi connectivity index (χ1v) is 5.14. The summed E-state index contributed by atoms with van der Waals surface area (Å²) in [5.74, 6) is -0.503. The molecule has 0 aliphatic heterocycles. The third-order valence-electron chi connectivity index (χ3n) is 1.77. The monoisotopic (exact) mass is 214 g/mol. The van der Waals surface area contributed by atoms with Gasteiger partial charge in [-0.3, -0.25) is 0 Å². The second-order valence-electron chi connectivity index (χ2n) is 3.28. The molecule has 4 nitrogen and oxygen atoms in total. The second-order valence-corrected chi connectivity index (χ2v) is 3.28. The maximum absolute atomic E-state index is 11.2. The highest BCUT2D eigenvalue weighted by atomic mass is 16.7. The first-order valence-electron chi connectivity index (χ1n) is 5.14. The van der Waals surface area contributed by atoms with Gasteiger partial charge in [-0.2, -0.15) is 0 Å². The fourth-order valence-corrected chi connectivity index (χ4v) is 0.711. The van der Waals surface area contributed by atoms with E-state index in [1.807, 2.05) is 20.8 Å². The van der Waals surface area contributed by atoms with Crippen LogP contribution in [0.5, 0.6) is 0 Å². The van der Waals surface area contributed by atoms with Gasteiger partial charge in [0.05, 0.1) is 0 Å². The van der Waals surface area contributed by atoms with Crippen LogP contribution in [0, 0.1) is 0 Å². The molecule has 0 bridgehead atoms. The Morgan fingerprint density at radius 3 is 2.47 bits per heavy atom. The van der Waals surface area contributed by atoms with Crippen LogP contribution in [0.2, 0.25) is 0 Å². The summed E-state index contributed by atoms with van der Waals surface area (Å²) in [6.45, 7) is 11.2. The van der Waals surface area contributed by atoms with E-state index >= 15 is 0 Å². The molecule has 0 aromatic rings. The molecule has 0 fully saturated rings. The summed E-state index contributed by atoms with van der Waals surface area (Å²) in [5.41, 5.74) is 0.326. The van der Waals surface area contributed by atoms with Crippen molar-refractivity contribution in [1.82, 2.24) is 0 Å². The van der Waals surface area contributed by atoms with Crippen LogP contribution < -0.4 is 0 Å². The van der Waals surface area contributed by atoms with Crippen molar-refractivity contribution in [2.24, 2.45) is 0 Å². The van der Waals surface area contributed by atoms with Crippen molar-refractivity contribution in [3.63, 3.8) is 0 Å². The zero-order valence-corrected chi connectivity index (χ0v) is 9.91. The van der Waals surface area contributed by atoms with E-state index in [4.69, 9.17) is 14.0 Å². The van der Waals surface area contributed by atoms with Gasteiger partial charge >= 0.3 is 13.3 Å². The lowest BCUT2D eigenvalue weighted by molar-refractivity contribution is -0.133. The Hall–Kier alpha value is -0.805. The standard InChI is InChI=1S/C10H19BO4/c1-6-9(5)14-11(13-7-2)15-10(12)8(3)4/h9H,3,6-7H2,1-2,4-5H3. The molecule has 1 unspecified atom stereocenters. The summed E-state index contributed by atoms with van der Waals surface area (Å²) in [5, 5.41) is 0. The lowest BCUT2D eigenvalue weighted by Gasteiger charge is -2.16. The highest BCUT2D eigenvalue weighted by Crippen LogP contribution is 2.04. The van der Waals surface area contributed by atoms with Crippen molar-refractivity contribution in [3.05, 3.63) is 12.2 Å². The van der Waals surface area contributed by atoms with Crippen molar-refractivity contribution < 1.29 is 18.8 Å². The van der Waals surface area contributed by atoms with E-state index in [9.17, 15) is 4.79 Å². The fourth-order valence-electron chi connectivity index (χ4n) is 0.711. The van der Waals surface area contributed by atoms with Gasteiger partial charge in [-0.05, 0) is 27.2 Å². The zero-order valence-electron chi connectivity index (χ0n) is 9.91. The van der Waals surface area contributed by atoms with Crippen molar-refractivity contribution in [3.8, 4) is 0 Å². The van der Waals surface area contributed by atoms with Crippen molar-refractivity contribution >= 4 is 13.3 Å². The Labute approximate surface area is 91.8 Å². The van der Waals surface area contributed by atoms with E-state index in [0.29, 0.717) is 12.2 Å². The van der Waals surface area contributed by atoms with Gasteiger partial charge in [0.25, 0.3) is 0 Å². The Balaban J connectivity index is 4.14. The third kappa shape index (κ3) is 6.31. The van der Waals surface area contributed by atoms with Crippen molar-refractivity contribution in [2.75, 3.05) is 6.61 Å². The fraction of sp³-hybridized carbons (Fsp3) is 0.700. The summed E-state index contributed by atoms with van der Waals surface area (Å²) in [7, 11) is -0.936. The van der Waals surface area contributed by atoms with E-state index in [2.05, 4.69) is 6.58 Å². The van der Waals surface area contributed by atoms with Crippen LogP contribution in [0.4, 0.5) is 0 Å². The predicted molar refractivity (Wildman–Crippen MR) is 59.1 cm³/mol. The van der Waals surface area contributed by atoms with Crippen molar-refractivity contribution in [1.29, 1.82) is 0 Å². The molecule has 0 saturated heterocycles. The molecule has 0 aliphatic rings. The van der Waals surface area contributed by atoms with Crippen LogP contribution in [-0.2, 0) is 18.8 Å². The first-order chi connectivity index (χ1) is 7.01. The summed E-state index contributed by atoms with van der Waals surface area (Å²) in [4.78, 5) is 11.2. The molecule has 1 atom stereocenters. The number of hydrogen-bond acceptors (Lipinski definition) is 4. The SMILES string of the molecule is C=C(C)C(=O)OB(OCC)OC(C)CC. The zero-order chi connectivity index (χ0) is 11.8. The van der Waals surface area contributed by atoms with Gasteiger partial charge in [-0.1, -0.05) is 13.5 Å². The van der Waals surface area contributed by atoms with E-state index in [1.165, 1.54) is 0 Å². The molecule has 0 radical (unpaired) electrons. The highest BCUT2D eigenvalue weighted by Gasteiger charge is 2.28. The summed E-state index contributed by atoms with van der Waals surface area (Å²) >= 11 is 0. The van der Waals surface area contributed by atoms with Gasteiger partial charge in [0.2, 0.25) is 0 Å². The molecule has 15 heavy (non-hydrogen) atoms. The number of rotatable bonds is 7. The Morgan fingerprint density at radius 2 is 2.07 bits per heavy atom. The average molecular weight is 214 g/mol. The quantitative estimate of drug-likeness (QED) is 0.479. The van der Waals surface area contributed by atoms with Crippen LogP contribution >= 0.6 is 0 Å². The molecular weight excluding hydrogens is 195 g/mol. The molecule has 5 heteroatoms. The molecule has 0 saturated carbocycles. The molecule has 0 N–H and O–H groups in total. The normalized spacial score (nSPS) is 12.0. The number of hydrogen-bond donors (Lipinski definition) is 0. The Bertz CT molecular complexity index is 217. The second kappa shape index (κ2) is 7.48. The lowest BCUT2D eigenvalue weighted by atomic mass is 10.2.